The van der Waals surface area contributed by atoms with Gasteiger partial charge in [-0.15, -0.1) is 0 Å². The van der Waals surface area contributed by atoms with Crippen molar-refractivity contribution in [3.05, 3.63) is 23.4 Å². The largest absolute Gasteiger partial charge is 0.392 e. The molecule has 2 N–H and O–H groups in total. The van der Waals surface area contributed by atoms with E-state index in [1.54, 1.807) is 20.0 Å². The number of nitrogens with zero attached hydrogens (tertiary/aromatic N) is 2. The van der Waals surface area contributed by atoms with E-state index in [0.29, 0.717) is 17.9 Å². The van der Waals surface area contributed by atoms with Crippen LogP contribution in [0.25, 0.3) is 0 Å². The number of anilines is 1. The number of aromatic nitrogens is 1. The highest BCUT2D eigenvalue weighted by Gasteiger charge is 2.21. The maximum absolute atomic E-state index is 12.5. The third kappa shape index (κ3) is 5.01. The van der Waals surface area contributed by atoms with Gasteiger partial charge in [0.1, 0.15) is 5.82 Å². The van der Waals surface area contributed by atoms with Crippen LogP contribution >= 0.6 is 0 Å². The van der Waals surface area contributed by atoms with Gasteiger partial charge in [0.05, 0.1) is 6.10 Å². The van der Waals surface area contributed by atoms with E-state index >= 15 is 0 Å². The van der Waals surface area contributed by atoms with Gasteiger partial charge in [-0.05, 0) is 26.0 Å². The number of carbonyl (C=O) groups excluding carboxylic acids is 1. The summed E-state index contributed by atoms with van der Waals surface area (Å²) < 4.78 is 0. The molecule has 21 heavy (non-hydrogen) atoms. The van der Waals surface area contributed by atoms with Crippen molar-refractivity contribution in [3.8, 4) is 0 Å². The zero-order valence-electron chi connectivity index (χ0n) is 13.9. The molecule has 1 rings (SSSR count). The molecule has 0 aromatic carbocycles. The first-order chi connectivity index (χ1) is 9.65. The summed E-state index contributed by atoms with van der Waals surface area (Å²) in [6.07, 6.45) is -0.545. The monoisotopic (exact) mass is 293 g/mol. The molecule has 0 radical (unpaired) electrons. The minimum atomic E-state index is -0.545. The third-order valence-corrected chi connectivity index (χ3v) is 3.08. The SMILES string of the molecule is CCNc1cc(C(=O)N(C)CC(C)O)cc(C(C)(C)C)n1. The van der Waals surface area contributed by atoms with Crippen LogP contribution < -0.4 is 5.32 Å². The van der Waals surface area contributed by atoms with Gasteiger partial charge in [-0.3, -0.25) is 4.79 Å². The van der Waals surface area contributed by atoms with E-state index in [4.69, 9.17) is 0 Å². The molecule has 0 spiro atoms. The molecule has 0 aliphatic carbocycles. The molecule has 0 fully saturated rings. The average Bonchev–Trinajstić information content (AvgIpc) is 2.36. The predicted molar refractivity (Wildman–Crippen MR) is 85.7 cm³/mol. The van der Waals surface area contributed by atoms with Crippen LogP contribution in [0, 0.1) is 0 Å². The zero-order chi connectivity index (χ0) is 16.2. The van der Waals surface area contributed by atoms with Gasteiger partial charge in [0.15, 0.2) is 0 Å². The lowest BCUT2D eigenvalue weighted by molar-refractivity contribution is 0.0703. The number of pyridine rings is 1. The van der Waals surface area contributed by atoms with E-state index in [0.717, 1.165) is 12.2 Å². The van der Waals surface area contributed by atoms with Crippen LogP contribution in [0.4, 0.5) is 5.82 Å². The molecule has 1 heterocycles. The van der Waals surface area contributed by atoms with Crippen LogP contribution in [0.2, 0.25) is 0 Å². The summed E-state index contributed by atoms with van der Waals surface area (Å²) in [5, 5.41) is 12.6. The standard InChI is InChI=1S/C16H27N3O2/c1-7-17-14-9-12(8-13(18-14)16(3,4)5)15(21)19(6)10-11(2)20/h8-9,11,20H,7,10H2,1-6H3,(H,17,18). The van der Waals surface area contributed by atoms with Crippen molar-refractivity contribution in [2.45, 2.75) is 46.1 Å². The summed E-state index contributed by atoms with van der Waals surface area (Å²) in [6.45, 7) is 10.9. The molecule has 1 amide bonds. The molecule has 1 aromatic rings. The lowest BCUT2D eigenvalue weighted by Crippen LogP contribution is -2.33. The van der Waals surface area contributed by atoms with E-state index in [1.807, 2.05) is 13.0 Å². The Morgan fingerprint density at radius 2 is 2.05 bits per heavy atom. The quantitative estimate of drug-likeness (QED) is 0.874. The Bertz CT molecular complexity index is 493. The number of hydrogen-bond acceptors (Lipinski definition) is 4. The van der Waals surface area contributed by atoms with Gasteiger partial charge in [-0.25, -0.2) is 4.98 Å². The Kier molecular flexibility index (Phi) is 5.72. The molecule has 118 valence electrons. The number of rotatable bonds is 5. The number of hydrogen-bond donors (Lipinski definition) is 2. The summed E-state index contributed by atoms with van der Waals surface area (Å²) in [5.74, 6) is 0.599. The first-order valence-corrected chi connectivity index (χ1v) is 7.35. The fourth-order valence-electron chi connectivity index (χ4n) is 2.01. The lowest BCUT2D eigenvalue weighted by atomic mass is 9.90. The zero-order valence-corrected chi connectivity index (χ0v) is 13.9. The minimum Gasteiger partial charge on any atom is -0.392 e. The number of carbonyl (C=O) groups is 1. The Hall–Kier alpha value is -1.62. The first-order valence-electron chi connectivity index (χ1n) is 7.35. The summed E-state index contributed by atoms with van der Waals surface area (Å²) in [5.41, 5.74) is 1.33. The molecule has 0 aliphatic heterocycles. The van der Waals surface area contributed by atoms with Crippen molar-refractivity contribution in [2.75, 3.05) is 25.5 Å². The van der Waals surface area contributed by atoms with Gasteiger partial charge in [-0.1, -0.05) is 20.8 Å². The first kappa shape index (κ1) is 17.4. The normalized spacial score (nSPS) is 12.9. The van der Waals surface area contributed by atoms with Crippen LogP contribution in [0.3, 0.4) is 0 Å². The number of likely N-dealkylation sites (N-methyl/N-ethyl adjacent to an activating group) is 1. The molecular formula is C16H27N3O2. The Labute approximate surface area is 127 Å². The topological polar surface area (TPSA) is 65.5 Å². The molecule has 1 aromatic heterocycles. The summed E-state index contributed by atoms with van der Waals surface area (Å²) in [4.78, 5) is 18.6. The van der Waals surface area contributed by atoms with Gasteiger partial charge in [-0.2, -0.15) is 0 Å². The Morgan fingerprint density at radius 3 is 2.52 bits per heavy atom. The van der Waals surface area contributed by atoms with Gasteiger partial charge in [0.25, 0.3) is 5.91 Å². The second-order valence-electron chi connectivity index (χ2n) is 6.44. The maximum atomic E-state index is 12.5. The number of amides is 1. The fourth-order valence-corrected chi connectivity index (χ4v) is 2.01. The highest BCUT2D eigenvalue weighted by Crippen LogP contribution is 2.24. The molecule has 1 unspecified atom stereocenters. The number of aliphatic hydroxyl groups excluding tert-OH is 1. The smallest absolute Gasteiger partial charge is 0.253 e. The fraction of sp³-hybridized carbons (Fsp3) is 0.625. The van der Waals surface area contributed by atoms with Gasteiger partial charge in [0, 0.05) is 36.8 Å². The molecule has 1 atom stereocenters. The number of nitrogens with one attached hydrogen (secondary N) is 1. The Morgan fingerprint density at radius 1 is 1.43 bits per heavy atom. The van der Waals surface area contributed by atoms with E-state index in [-0.39, 0.29) is 11.3 Å². The summed E-state index contributed by atoms with van der Waals surface area (Å²) in [6, 6.07) is 3.60. The van der Waals surface area contributed by atoms with Crippen LogP contribution in [-0.4, -0.2) is 47.1 Å². The molecular weight excluding hydrogens is 266 g/mol. The second kappa shape index (κ2) is 6.89. The summed E-state index contributed by atoms with van der Waals surface area (Å²) in [7, 11) is 1.69. The Balaban J connectivity index is 3.16. The third-order valence-electron chi connectivity index (χ3n) is 3.08. The summed E-state index contributed by atoms with van der Waals surface area (Å²) >= 11 is 0. The molecule has 0 saturated heterocycles. The molecule has 5 nitrogen and oxygen atoms in total. The van der Waals surface area contributed by atoms with E-state index < -0.39 is 6.10 Å². The molecule has 0 saturated carbocycles. The maximum Gasteiger partial charge on any atom is 0.253 e. The second-order valence-corrected chi connectivity index (χ2v) is 6.44. The van der Waals surface area contributed by atoms with Crippen molar-refractivity contribution in [2.24, 2.45) is 0 Å². The van der Waals surface area contributed by atoms with Crippen LogP contribution in [0.1, 0.15) is 50.7 Å². The van der Waals surface area contributed by atoms with E-state index in [9.17, 15) is 9.90 Å². The van der Waals surface area contributed by atoms with Crippen LogP contribution in [-0.2, 0) is 5.41 Å². The van der Waals surface area contributed by atoms with Crippen molar-refractivity contribution < 1.29 is 9.90 Å². The highest BCUT2D eigenvalue weighted by molar-refractivity contribution is 5.95. The van der Waals surface area contributed by atoms with Gasteiger partial charge >= 0.3 is 0 Å². The van der Waals surface area contributed by atoms with Crippen LogP contribution in [0.5, 0.6) is 0 Å². The van der Waals surface area contributed by atoms with Gasteiger partial charge in [0.2, 0.25) is 0 Å². The van der Waals surface area contributed by atoms with Crippen LogP contribution in [0.15, 0.2) is 12.1 Å². The van der Waals surface area contributed by atoms with Gasteiger partial charge < -0.3 is 15.3 Å². The minimum absolute atomic E-state index is 0.108. The average molecular weight is 293 g/mol. The number of aliphatic hydroxyl groups is 1. The molecule has 0 bridgehead atoms. The highest BCUT2D eigenvalue weighted by atomic mass is 16.3. The molecule has 0 aliphatic rings. The van der Waals surface area contributed by atoms with Crippen molar-refractivity contribution in [1.82, 2.24) is 9.88 Å². The van der Waals surface area contributed by atoms with Crippen molar-refractivity contribution in [1.29, 1.82) is 0 Å². The van der Waals surface area contributed by atoms with Crippen molar-refractivity contribution in [3.63, 3.8) is 0 Å². The lowest BCUT2D eigenvalue weighted by Gasteiger charge is -2.22. The van der Waals surface area contributed by atoms with Crippen molar-refractivity contribution >= 4 is 11.7 Å². The van der Waals surface area contributed by atoms with E-state index in [1.165, 1.54) is 4.90 Å². The molecule has 5 heteroatoms. The predicted octanol–water partition coefficient (Wildman–Crippen LogP) is 2.26. The van der Waals surface area contributed by atoms with E-state index in [2.05, 4.69) is 31.1 Å².